The number of benzene rings is 1. The number of phenols is 1. The van der Waals surface area contributed by atoms with E-state index in [0.29, 0.717) is 19.4 Å². The number of rotatable bonds is 1. The minimum absolute atomic E-state index is 0.0104. The van der Waals surface area contributed by atoms with E-state index in [4.69, 9.17) is 5.11 Å². The normalized spacial score (nSPS) is 16.1. The van der Waals surface area contributed by atoms with Gasteiger partial charge in [0.15, 0.2) is 5.78 Å². The Morgan fingerprint density at radius 2 is 2.18 bits per heavy atom. The van der Waals surface area contributed by atoms with Gasteiger partial charge in [-0.3, -0.25) is 9.59 Å². The van der Waals surface area contributed by atoms with Crippen LogP contribution in [0.25, 0.3) is 0 Å². The third-order valence-corrected chi connectivity index (χ3v) is 2.72. The van der Waals surface area contributed by atoms with Crippen LogP contribution in [0.2, 0.25) is 0 Å². The number of Topliss-reactive ketones (excluding diaryl/α,β-unsaturated/α-hetero) is 1. The van der Waals surface area contributed by atoms with Crippen LogP contribution in [-0.2, 0) is 4.79 Å². The van der Waals surface area contributed by atoms with Crippen molar-refractivity contribution in [2.45, 2.75) is 12.8 Å². The fourth-order valence-corrected chi connectivity index (χ4v) is 1.86. The summed E-state index contributed by atoms with van der Waals surface area (Å²) in [6.07, 6.45) is 1.09. The molecule has 0 radical (unpaired) electrons. The minimum Gasteiger partial charge on any atom is -0.508 e. The molecule has 0 unspecified atom stereocenters. The molecular weight excluding hydrogens is 225 g/mol. The highest BCUT2D eigenvalue weighted by Gasteiger charge is 2.24. The van der Waals surface area contributed by atoms with E-state index in [1.54, 1.807) is 0 Å². The van der Waals surface area contributed by atoms with Crippen molar-refractivity contribution < 1.29 is 19.1 Å². The van der Waals surface area contributed by atoms with Gasteiger partial charge >= 0.3 is 0 Å². The maximum atomic E-state index is 13.5. The summed E-state index contributed by atoms with van der Waals surface area (Å²) >= 11 is 0. The number of carbonyl (C=O) groups is 2. The lowest BCUT2D eigenvalue weighted by atomic mass is 10.1. The van der Waals surface area contributed by atoms with E-state index in [1.807, 2.05) is 0 Å². The van der Waals surface area contributed by atoms with Crippen LogP contribution in [0.3, 0.4) is 0 Å². The average Bonchev–Trinajstić information content (AvgIpc) is 2.28. The molecule has 2 rings (SSSR count). The molecular formula is C12H12FNO3. The van der Waals surface area contributed by atoms with Crippen molar-refractivity contribution in [1.82, 2.24) is 4.90 Å². The van der Waals surface area contributed by atoms with E-state index < -0.39 is 11.7 Å². The van der Waals surface area contributed by atoms with E-state index in [-0.39, 0.29) is 23.6 Å². The van der Waals surface area contributed by atoms with Crippen LogP contribution in [0, 0.1) is 5.82 Å². The Labute approximate surface area is 97.7 Å². The van der Waals surface area contributed by atoms with E-state index in [1.165, 1.54) is 17.0 Å². The van der Waals surface area contributed by atoms with Crippen LogP contribution >= 0.6 is 0 Å². The van der Waals surface area contributed by atoms with E-state index in [0.717, 1.165) is 6.07 Å². The van der Waals surface area contributed by atoms with Gasteiger partial charge in [-0.25, -0.2) is 4.39 Å². The number of nitrogens with zero attached hydrogens (tertiary/aromatic N) is 1. The summed E-state index contributed by atoms with van der Waals surface area (Å²) in [5, 5.41) is 9.05. The van der Waals surface area contributed by atoms with Crippen molar-refractivity contribution in [3.05, 3.63) is 29.6 Å². The Kier molecular flexibility index (Phi) is 3.08. The van der Waals surface area contributed by atoms with Gasteiger partial charge in [0.2, 0.25) is 0 Å². The van der Waals surface area contributed by atoms with E-state index in [9.17, 15) is 14.0 Å². The molecule has 90 valence electrons. The van der Waals surface area contributed by atoms with Gasteiger partial charge in [0, 0.05) is 19.0 Å². The van der Waals surface area contributed by atoms with Gasteiger partial charge in [0.1, 0.15) is 11.6 Å². The summed E-state index contributed by atoms with van der Waals surface area (Å²) in [5.74, 6) is -1.51. The first kappa shape index (κ1) is 11.6. The summed E-state index contributed by atoms with van der Waals surface area (Å²) < 4.78 is 13.5. The number of likely N-dealkylation sites (tertiary alicyclic amines) is 1. The molecule has 1 N–H and O–H groups in total. The molecule has 0 bridgehead atoms. The SMILES string of the molecule is O=C1CCCN(C(=O)c2ccc(O)cc2F)C1. The maximum Gasteiger partial charge on any atom is 0.257 e. The van der Waals surface area contributed by atoms with Crippen LogP contribution in [0.15, 0.2) is 18.2 Å². The predicted molar refractivity (Wildman–Crippen MR) is 58.2 cm³/mol. The van der Waals surface area contributed by atoms with Crippen LogP contribution in [0.4, 0.5) is 4.39 Å². The predicted octanol–water partition coefficient (Wildman–Crippen LogP) is 1.34. The molecule has 4 nitrogen and oxygen atoms in total. The number of halogens is 1. The summed E-state index contributed by atoms with van der Waals surface area (Å²) in [4.78, 5) is 24.5. The number of aromatic hydroxyl groups is 1. The number of ketones is 1. The Bertz CT molecular complexity index is 473. The Balaban J connectivity index is 2.21. The van der Waals surface area contributed by atoms with Gasteiger partial charge in [0.05, 0.1) is 12.1 Å². The highest BCUT2D eigenvalue weighted by Crippen LogP contribution is 2.18. The zero-order valence-electron chi connectivity index (χ0n) is 9.15. The van der Waals surface area contributed by atoms with Gasteiger partial charge in [-0.05, 0) is 18.6 Å². The fraction of sp³-hybridized carbons (Fsp3) is 0.333. The molecule has 0 saturated carbocycles. The monoisotopic (exact) mass is 237 g/mol. The first-order valence-corrected chi connectivity index (χ1v) is 5.37. The smallest absolute Gasteiger partial charge is 0.257 e. The second-order valence-corrected chi connectivity index (χ2v) is 4.03. The number of piperidine rings is 1. The average molecular weight is 237 g/mol. The first-order chi connectivity index (χ1) is 8.08. The molecule has 1 heterocycles. The standard InChI is InChI=1S/C12H12FNO3/c13-11-6-8(15)3-4-10(11)12(17)14-5-1-2-9(16)7-14/h3-4,6,15H,1-2,5,7H2. The van der Waals surface area contributed by atoms with Crippen molar-refractivity contribution in [2.75, 3.05) is 13.1 Å². The Morgan fingerprint density at radius 3 is 2.82 bits per heavy atom. The summed E-state index contributed by atoms with van der Waals surface area (Å²) in [6.45, 7) is 0.504. The zero-order valence-corrected chi connectivity index (χ0v) is 9.15. The quantitative estimate of drug-likeness (QED) is 0.801. The number of hydrogen-bond donors (Lipinski definition) is 1. The number of amides is 1. The van der Waals surface area contributed by atoms with Gasteiger partial charge in [-0.1, -0.05) is 0 Å². The molecule has 17 heavy (non-hydrogen) atoms. The van der Waals surface area contributed by atoms with Crippen molar-refractivity contribution in [3.8, 4) is 5.75 Å². The van der Waals surface area contributed by atoms with Crippen molar-refractivity contribution in [1.29, 1.82) is 0 Å². The number of phenolic OH excluding ortho intramolecular Hbond substituents is 1. The van der Waals surface area contributed by atoms with Crippen LogP contribution in [-0.4, -0.2) is 34.8 Å². The summed E-state index contributed by atoms with van der Waals surface area (Å²) in [7, 11) is 0. The topological polar surface area (TPSA) is 57.6 Å². The van der Waals surface area contributed by atoms with Gasteiger partial charge in [-0.15, -0.1) is 0 Å². The zero-order chi connectivity index (χ0) is 12.4. The van der Waals surface area contributed by atoms with Crippen molar-refractivity contribution in [3.63, 3.8) is 0 Å². The second-order valence-electron chi connectivity index (χ2n) is 4.03. The Hall–Kier alpha value is -1.91. The highest BCUT2D eigenvalue weighted by molar-refractivity contribution is 5.97. The lowest BCUT2D eigenvalue weighted by Gasteiger charge is -2.25. The largest absolute Gasteiger partial charge is 0.508 e. The summed E-state index contributed by atoms with van der Waals surface area (Å²) in [6, 6.07) is 3.37. The molecule has 1 aromatic carbocycles. The molecule has 1 aliphatic heterocycles. The minimum atomic E-state index is -0.770. The number of hydrogen-bond acceptors (Lipinski definition) is 3. The van der Waals surface area contributed by atoms with Gasteiger partial charge < -0.3 is 10.0 Å². The van der Waals surface area contributed by atoms with Crippen LogP contribution in [0.1, 0.15) is 23.2 Å². The van der Waals surface area contributed by atoms with E-state index in [2.05, 4.69) is 0 Å². The molecule has 1 aliphatic rings. The van der Waals surface area contributed by atoms with Gasteiger partial charge in [0.25, 0.3) is 5.91 Å². The highest BCUT2D eigenvalue weighted by atomic mass is 19.1. The molecule has 1 aromatic rings. The Morgan fingerprint density at radius 1 is 1.41 bits per heavy atom. The molecule has 0 atom stereocenters. The van der Waals surface area contributed by atoms with Gasteiger partial charge in [-0.2, -0.15) is 0 Å². The van der Waals surface area contributed by atoms with E-state index >= 15 is 0 Å². The molecule has 5 heteroatoms. The van der Waals surface area contributed by atoms with Crippen molar-refractivity contribution in [2.24, 2.45) is 0 Å². The lowest BCUT2D eigenvalue weighted by Crippen LogP contribution is -2.40. The van der Waals surface area contributed by atoms with Crippen molar-refractivity contribution >= 4 is 11.7 Å². The third-order valence-electron chi connectivity index (χ3n) is 2.72. The summed E-state index contributed by atoms with van der Waals surface area (Å²) in [5.41, 5.74) is -0.113. The molecule has 0 aliphatic carbocycles. The maximum absolute atomic E-state index is 13.5. The number of carbonyl (C=O) groups excluding carboxylic acids is 2. The molecule has 1 amide bonds. The molecule has 0 aromatic heterocycles. The third kappa shape index (κ3) is 2.43. The molecule has 1 saturated heterocycles. The second kappa shape index (κ2) is 4.53. The molecule has 0 spiro atoms. The van der Waals surface area contributed by atoms with Crippen LogP contribution in [0.5, 0.6) is 5.75 Å². The first-order valence-electron chi connectivity index (χ1n) is 5.37. The fourth-order valence-electron chi connectivity index (χ4n) is 1.86. The molecule has 1 fully saturated rings. The lowest BCUT2D eigenvalue weighted by molar-refractivity contribution is -0.121. The van der Waals surface area contributed by atoms with Crippen LogP contribution < -0.4 is 0 Å².